The molecule has 1 heterocycles. The van der Waals surface area contributed by atoms with Crippen LogP contribution < -0.4 is 10.6 Å². The van der Waals surface area contributed by atoms with Crippen molar-refractivity contribution in [3.63, 3.8) is 0 Å². The van der Waals surface area contributed by atoms with E-state index in [0.717, 1.165) is 19.5 Å². The number of carbonyl (C=O) groups is 2. The third kappa shape index (κ3) is 3.33. The van der Waals surface area contributed by atoms with Crippen LogP contribution >= 0.6 is 0 Å². The molecule has 0 aliphatic carbocycles. The topological polar surface area (TPSA) is 78.4 Å². The molecule has 2 unspecified atom stereocenters. The van der Waals surface area contributed by atoms with Gasteiger partial charge in [-0.3, -0.25) is 9.59 Å². The van der Waals surface area contributed by atoms with Crippen molar-refractivity contribution in [2.75, 3.05) is 13.1 Å². The highest BCUT2D eigenvalue weighted by molar-refractivity contribution is 5.83. The molecule has 5 nitrogen and oxygen atoms in total. The minimum atomic E-state index is -0.997. The zero-order chi connectivity index (χ0) is 10.6. The Morgan fingerprint density at radius 2 is 2.36 bits per heavy atom. The number of carbonyl (C=O) groups excluding carboxylic acids is 1. The molecule has 0 aromatic heterocycles. The van der Waals surface area contributed by atoms with Crippen LogP contribution in [0.3, 0.4) is 0 Å². The molecule has 1 aliphatic rings. The van der Waals surface area contributed by atoms with Crippen LogP contribution in [0.4, 0.5) is 0 Å². The maximum absolute atomic E-state index is 11.3. The minimum absolute atomic E-state index is 0.173. The first kappa shape index (κ1) is 11.0. The fraction of sp³-hybridized carbons (Fsp3) is 0.778. The molecule has 2 atom stereocenters. The first-order valence-corrected chi connectivity index (χ1v) is 4.82. The lowest BCUT2D eigenvalue weighted by atomic mass is 10.0. The van der Waals surface area contributed by atoms with Crippen LogP contribution in [0, 0.1) is 5.92 Å². The molecule has 1 amide bonds. The molecular weight excluding hydrogens is 184 g/mol. The van der Waals surface area contributed by atoms with Crippen LogP contribution in [-0.4, -0.2) is 36.1 Å². The van der Waals surface area contributed by atoms with Crippen LogP contribution in [0.2, 0.25) is 0 Å². The lowest BCUT2D eigenvalue weighted by molar-refractivity contribution is -0.141. The summed E-state index contributed by atoms with van der Waals surface area (Å²) in [6.07, 6.45) is 1.42. The summed E-state index contributed by atoms with van der Waals surface area (Å²) in [5.74, 6) is -0.813. The number of carboxylic acids is 1. The standard InChI is InChI=1S/C9H16N2O3/c1-6(9(13)14)11-8(12)4-7-2-3-10-5-7/h6-7,10H,2-5H2,1H3,(H,11,12)(H,13,14). The Balaban J connectivity index is 2.24. The molecule has 80 valence electrons. The van der Waals surface area contributed by atoms with E-state index in [4.69, 9.17) is 5.11 Å². The Hall–Kier alpha value is -1.10. The van der Waals surface area contributed by atoms with Gasteiger partial charge in [-0.05, 0) is 32.4 Å². The fourth-order valence-corrected chi connectivity index (χ4v) is 1.51. The molecule has 1 saturated heterocycles. The normalized spacial score (nSPS) is 23.1. The molecule has 3 N–H and O–H groups in total. The third-order valence-corrected chi connectivity index (χ3v) is 2.38. The Morgan fingerprint density at radius 3 is 2.86 bits per heavy atom. The van der Waals surface area contributed by atoms with E-state index in [-0.39, 0.29) is 5.91 Å². The van der Waals surface area contributed by atoms with Gasteiger partial charge >= 0.3 is 5.97 Å². The monoisotopic (exact) mass is 200 g/mol. The molecule has 1 fully saturated rings. The maximum atomic E-state index is 11.3. The van der Waals surface area contributed by atoms with Crippen LogP contribution in [0.25, 0.3) is 0 Å². The number of amides is 1. The van der Waals surface area contributed by atoms with E-state index in [9.17, 15) is 9.59 Å². The van der Waals surface area contributed by atoms with Gasteiger partial charge in [0.25, 0.3) is 0 Å². The first-order valence-electron chi connectivity index (χ1n) is 4.82. The van der Waals surface area contributed by atoms with E-state index in [1.807, 2.05) is 0 Å². The van der Waals surface area contributed by atoms with Crippen LogP contribution in [0.5, 0.6) is 0 Å². The predicted molar refractivity (Wildman–Crippen MR) is 50.8 cm³/mol. The quantitative estimate of drug-likeness (QED) is 0.575. The lowest BCUT2D eigenvalue weighted by Gasteiger charge is -2.11. The van der Waals surface area contributed by atoms with Gasteiger partial charge < -0.3 is 15.7 Å². The summed E-state index contributed by atoms with van der Waals surface area (Å²) in [4.78, 5) is 21.8. The molecule has 1 aliphatic heterocycles. The second kappa shape index (κ2) is 4.95. The molecule has 0 saturated carbocycles. The molecule has 0 spiro atoms. The number of hydrogen-bond donors (Lipinski definition) is 3. The van der Waals surface area contributed by atoms with Gasteiger partial charge in [-0.25, -0.2) is 0 Å². The zero-order valence-corrected chi connectivity index (χ0v) is 8.25. The molecular formula is C9H16N2O3. The van der Waals surface area contributed by atoms with Gasteiger partial charge in [-0.1, -0.05) is 0 Å². The molecule has 0 aromatic carbocycles. The minimum Gasteiger partial charge on any atom is -0.480 e. The number of carboxylic acid groups (broad SMARTS) is 1. The van der Waals surface area contributed by atoms with E-state index in [2.05, 4.69) is 10.6 Å². The van der Waals surface area contributed by atoms with E-state index in [1.165, 1.54) is 6.92 Å². The molecule has 5 heteroatoms. The van der Waals surface area contributed by atoms with Crippen molar-refractivity contribution in [1.82, 2.24) is 10.6 Å². The van der Waals surface area contributed by atoms with Crippen molar-refractivity contribution >= 4 is 11.9 Å². The molecule has 14 heavy (non-hydrogen) atoms. The summed E-state index contributed by atoms with van der Waals surface area (Å²) in [6, 6.07) is -0.795. The summed E-state index contributed by atoms with van der Waals surface area (Å²) in [5.41, 5.74) is 0. The largest absolute Gasteiger partial charge is 0.480 e. The van der Waals surface area contributed by atoms with Gasteiger partial charge in [0.05, 0.1) is 0 Å². The fourth-order valence-electron chi connectivity index (χ4n) is 1.51. The van der Waals surface area contributed by atoms with Gasteiger partial charge in [0.2, 0.25) is 5.91 Å². The van der Waals surface area contributed by atoms with Crippen molar-refractivity contribution < 1.29 is 14.7 Å². The number of rotatable bonds is 4. The Kier molecular flexibility index (Phi) is 3.88. The smallest absolute Gasteiger partial charge is 0.325 e. The highest BCUT2D eigenvalue weighted by atomic mass is 16.4. The van der Waals surface area contributed by atoms with Crippen LogP contribution in [0.1, 0.15) is 19.8 Å². The average Bonchev–Trinajstić information content (AvgIpc) is 2.56. The second-order valence-electron chi connectivity index (χ2n) is 3.69. The van der Waals surface area contributed by atoms with E-state index >= 15 is 0 Å². The Labute approximate surface area is 82.9 Å². The predicted octanol–water partition coefficient (Wildman–Crippen LogP) is -0.425. The summed E-state index contributed by atoms with van der Waals surface area (Å²) in [6.45, 7) is 3.27. The van der Waals surface area contributed by atoms with Crippen molar-refractivity contribution in [3.8, 4) is 0 Å². The van der Waals surface area contributed by atoms with Crippen molar-refractivity contribution in [1.29, 1.82) is 0 Å². The first-order chi connectivity index (χ1) is 6.59. The number of nitrogens with one attached hydrogen (secondary N) is 2. The van der Waals surface area contributed by atoms with Crippen molar-refractivity contribution in [2.24, 2.45) is 5.92 Å². The average molecular weight is 200 g/mol. The number of hydrogen-bond acceptors (Lipinski definition) is 3. The second-order valence-corrected chi connectivity index (χ2v) is 3.69. The van der Waals surface area contributed by atoms with Gasteiger partial charge in [0.1, 0.15) is 6.04 Å². The van der Waals surface area contributed by atoms with E-state index in [0.29, 0.717) is 12.3 Å². The summed E-state index contributed by atoms with van der Waals surface area (Å²) >= 11 is 0. The van der Waals surface area contributed by atoms with Crippen LogP contribution in [-0.2, 0) is 9.59 Å². The highest BCUT2D eigenvalue weighted by Gasteiger charge is 2.20. The molecule has 0 radical (unpaired) electrons. The van der Waals surface area contributed by atoms with Gasteiger partial charge in [0.15, 0.2) is 0 Å². The molecule has 0 bridgehead atoms. The zero-order valence-electron chi connectivity index (χ0n) is 8.25. The van der Waals surface area contributed by atoms with Gasteiger partial charge in [-0.15, -0.1) is 0 Å². The van der Waals surface area contributed by atoms with Crippen molar-refractivity contribution in [2.45, 2.75) is 25.8 Å². The highest BCUT2D eigenvalue weighted by Crippen LogP contribution is 2.11. The molecule has 0 aromatic rings. The lowest BCUT2D eigenvalue weighted by Crippen LogP contribution is -2.39. The molecule has 1 rings (SSSR count). The van der Waals surface area contributed by atoms with Gasteiger partial charge in [-0.2, -0.15) is 0 Å². The maximum Gasteiger partial charge on any atom is 0.325 e. The van der Waals surface area contributed by atoms with Gasteiger partial charge in [0, 0.05) is 6.42 Å². The Morgan fingerprint density at radius 1 is 1.64 bits per heavy atom. The summed E-state index contributed by atoms with van der Waals surface area (Å²) in [7, 11) is 0. The third-order valence-electron chi connectivity index (χ3n) is 2.38. The summed E-state index contributed by atoms with van der Waals surface area (Å²) in [5, 5.41) is 14.2. The van der Waals surface area contributed by atoms with E-state index < -0.39 is 12.0 Å². The van der Waals surface area contributed by atoms with Crippen molar-refractivity contribution in [3.05, 3.63) is 0 Å². The summed E-state index contributed by atoms with van der Waals surface area (Å²) < 4.78 is 0. The number of aliphatic carboxylic acids is 1. The SMILES string of the molecule is CC(NC(=O)CC1CCNC1)C(=O)O. The van der Waals surface area contributed by atoms with Crippen LogP contribution in [0.15, 0.2) is 0 Å². The van der Waals surface area contributed by atoms with E-state index in [1.54, 1.807) is 0 Å². The Bertz CT molecular complexity index is 224.